The Balaban J connectivity index is 1.66. The van der Waals surface area contributed by atoms with Gasteiger partial charge in [0, 0.05) is 10.6 Å². The highest BCUT2D eigenvalue weighted by molar-refractivity contribution is 6.32. The van der Waals surface area contributed by atoms with Crippen molar-refractivity contribution in [3.8, 4) is 11.5 Å². The molecule has 0 bridgehead atoms. The van der Waals surface area contributed by atoms with Gasteiger partial charge in [-0.3, -0.25) is 4.79 Å². The number of hydrogen-bond acceptors (Lipinski definition) is 4. The molecule has 0 radical (unpaired) electrons. The van der Waals surface area contributed by atoms with Gasteiger partial charge < -0.3 is 9.47 Å². The molecule has 4 nitrogen and oxygen atoms in total. The van der Waals surface area contributed by atoms with Crippen LogP contribution in [-0.4, -0.2) is 18.9 Å². The molecular weight excluding hydrogens is 376 g/mol. The summed E-state index contributed by atoms with van der Waals surface area (Å²) >= 11 is 6.07. The fraction of sp³-hybridized carbons (Fsp3) is 0.0435. The lowest BCUT2D eigenvalue weighted by Crippen LogP contribution is -2.08. The molecule has 0 saturated heterocycles. The van der Waals surface area contributed by atoms with Crippen LogP contribution in [0, 0.1) is 0 Å². The van der Waals surface area contributed by atoms with Crippen molar-refractivity contribution in [1.82, 2.24) is 0 Å². The molecule has 0 atom stereocenters. The highest BCUT2D eigenvalue weighted by atomic mass is 35.5. The van der Waals surface area contributed by atoms with Crippen LogP contribution in [0.15, 0.2) is 78.9 Å². The Morgan fingerprint density at radius 2 is 1.61 bits per heavy atom. The van der Waals surface area contributed by atoms with E-state index in [9.17, 15) is 9.59 Å². The summed E-state index contributed by atoms with van der Waals surface area (Å²) in [5.74, 6) is 0.238. The maximum absolute atomic E-state index is 12.3. The third-order valence-electron chi connectivity index (χ3n) is 3.97. The SMILES string of the molecule is COc1cccc(C(=O)Oc2ccc(C(=O)C=Cc3ccccc3Cl)cc2)c1. The lowest BCUT2D eigenvalue weighted by Gasteiger charge is -2.06. The van der Waals surface area contributed by atoms with Crippen molar-refractivity contribution in [2.24, 2.45) is 0 Å². The van der Waals surface area contributed by atoms with E-state index in [1.54, 1.807) is 60.7 Å². The topological polar surface area (TPSA) is 52.6 Å². The maximum atomic E-state index is 12.3. The van der Waals surface area contributed by atoms with Crippen molar-refractivity contribution in [1.29, 1.82) is 0 Å². The minimum Gasteiger partial charge on any atom is -0.497 e. The number of allylic oxidation sites excluding steroid dienone is 1. The molecule has 0 heterocycles. The van der Waals surface area contributed by atoms with Crippen LogP contribution in [0.2, 0.25) is 5.02 Å². The van der Waals surface area contributed by atoms with E-state index in [-0.39, 0.29) is 5.78 Å². The van der Waals surface area contributed by atoms with Crippen molar-refractivity contribution in [3.05, 3.63) is 101 Å². The van der Waals surface area contributed by atoms with Gasteiger partial charge in [-0.25, -0.2) is 4.79 Å². The first-order valence-electron chi connectivity index (χ1n) is 8.50. The number of carbonyl (C=O) groups excluding carboxylic acids is 2. The number of hydrogen-bond donors (Lipinski definition) is 0. The predicted molar refractivity (Wildman–Crippen MR) is 109 cm³/mol. The summed E-state index contributed by atoms with van der Waals surface area (Å²) in [4.78, 5) is 24.5. The van der Waals surface area contributed by atoms with Crippen LogP contribution in [0.25, 0.3) is 6.08 Å². The van der Waals surface area contributed by atoms with Crippen LogP contribution in [0.5, 0.6) is 11.5 Å². The highest BCUT2D eigenvalue weighted by Gasteiger charge is 2.10. The summed E-state index contributed by atoms with van der Waals surface area (Å²) in [6, 6.07) is 20.3. The average molecular weight is 393 g/mol. The second-order valence-electron chi connectivity index (χ2n) is 5.86. The van der Waals surface area contributed by atoms with E-state index in [0.717, 1.165) is 5.56 Å². The molecule has 0 spiro atoms. The molecule has 3 aromatic carbocycles. The Morgan fingerprint density at radius 1 is 0.857 bits per heavy atom. The predicted octanol–water partition coefficient (Wildman–Crippen LogP) is 5.46. The lowest BCUT2D eigenvalue weighted by atomic mass is 10.1. The number of carbonyl (C=O) groups is 2. The van der Waals surface area contributed by atoms with E-state index in [4.69, 9.17) is 21.1 Å². The van der Waals surface area contributed by atoms with Gasteiger partial charge >= 0.3 is 5.97 Å². The zero-order valence-corrected chi connectivity index (χ0v) is 15.8. The first kappa shape index (κ1) is 19.4. The number of rotatable bonds is 6. The number of ketones is 1. The quantitative estimate of drug-likeness (QED) is 0.242. The van der Waals surface area contributed by atoms with Crippen LogP contribution in [0.3, 0.4) is 0 Å². The molecule has 3 rings (SSSR count). The zero-order valence-electron chi connectivity index (χ0n) is 15.1. The van der Waals surface area contributed by atoms with Crippen molar-refractivity contribution in [3.63, 3.8) is 0 Å². The lowest BCUT2D eigenvalue weighted by molar-refractivity contribution is 0.0734. The van der Waals surface area contributed by atoms with Crippen molar-refractivity contribution >= 4 is 29.4 Å². The fourth-order valence-corrected chi connectivity index (χ4v) is 2.67. The number of ether oxygens (including phenoxy) is 2. The van der Waals surface area contributed by atoms with Crippen LogP contribution in [-0.2, 0) is 0 Å². The molecule has 0 unspecified atom stereocenters. The molecular formula is C23H17ClO4. The molecule has 0 saturated carbocycles. The summed E-state index contributed by atoms with van der Waals surface area (Å²) in [6.07, 6.45) is 3.12. The van der Waals surface area contributed by atoms with Gasteiger partial charge in [-0.2, -0.15) is 0 Å². The molecule has 0 aromatic heterocycles. The number of esters is 1. The monoisotopic (exact) mass is 392 g/mol. The van der Waals surface area contributed by atoms with Crippen LogP contribution in [0.1, 0.15) is 26.3 Å². The Bertz CT molecular complexity index is 1020. The molecule has 5 heteroatoms. The fourth-order valence-electron chi connectivity index (χ4n) is 2.48. The molecule has 0 fully saturated rings. The van der Waals surface area contributed by atoms with Crippen molar-refractivity contribution in [2.45, 2.75) is 0 Å². The molecule has 0 aliphatic heterocycles. The second-order valence-corrected chi connectivity index (χ2v) is 6.27. The summed E-state index contributed by atoms with van der Waals surface area (Å²) in [6.45, 7) is 0. The van der Waals surface area contributed by atoms with E-state index in [0.29, 0.717) is 27.6 Å². The Morgan fingerprint density at radius 3 is 2.32 bits per heavy atom. The molecule has 0 aliphatic rings. The highest BCUT2D eigenvalue weighted by Crippen LogP contribution is 2.19. The van der Waals surface area contributed by atoms with Crippen LogP contribution < -0.4 is 9.47 Å². The third kappa shape index (κ3) is 4.87. The van der Waals surface area contributed by atoms with E-state index in [2.05, 4.69) is 0 Å². The minimum absolute atomic E-state index is 0.175. The first-order valence-corrected chi connectivity index (χ1v) is 8.88. The van der Waals surface area contributed by atoms with E-state index >= 15 is 0 Å². The summed E-state index contributed by atoms with van der Waals surface area (Å²) in [5.41, 5.74) is 1.62. The summed E-state index contributed by atoms with van der Waals surface area (Å²) in [7, 11) is 1.53. The van der Waals surface area contributed by atoms with Gasteiger partial charge in [0.05, 0.1) is 12.7 Å². The van der Waals surface area contributed by atoms with Gasteiger partial charge in [0.1, 0.15) is 11.5 Å². The van der Waals surface area contributed by atoms with Gasteiger partial charge in [0.2, 0.25) is 0 Å². The molecule has 0 N–H and O–H groups in total. The smallest absolute Gasteiger partial charge is 0.343 e. The van der Waals surface area contributed by atoms with E-state index in [1.807, 2.05) is 18.2 Å². The van der Waals surface area contributed by atoms with Crippen LogP contribution in [0.4, 0.5) is 0 Å². The van der Waals surface area contributed by atoms with Gasteiger partial charge in [-0.05, 0) is 66.2 Å². The zero-order chi connectivity index (χ0) is 19.9. The largest absolute Gasteiger partial charge is 0.497 e. The number of halogens is 1. The number of methoxy groups -OCH3 is 1. The molecule has 140 valence electrons. The normalized spacial score (nSPS) is 10.6. The standard InChI is InChI=1S/C23H17ClO4/c1-27-20-7-4-6-18(15-20)23(26)28-19-12-9-17(10-13-19)22(25)14-11-16-5-2-3-8-21(16)24/h2-15H,1H3. The Hall–Kier alpha value is -3.37. The van der Waals surface area contributed by atoms with Gasteiger partial charge in [-0.1, -0.05) is 35.9 Å². The molecule has 3 aromatic rings. The van der Waals surface area contributed by atoms with E-state index in [1.165, 1.54) is 13.2 Å². The molecule has 0 aliphatic carbocycles. The average Bonchev–Trinajstić information content (AvgIpc) is 2.73. The Kier molecular flexibility index (Phi) is 6.25. The van der Waals surface area contributed by atoms with Crippen molar-refractivity contribution < 1.29 is 19.1 Å². The Labute approximate surface area is 168 Å². The van der Waals surface area contributed by atoms with Gasteiger partial charge in [-0.15, -0.1) is 0 Å². The van der Waals surface area contributed by atoms with Gasteiger partial charge in [0.25, 0.3) is 0 Å². The minimum atomic E-state index is -0.503. The van der Waals surface area contributed by atoms with E-state index < -0.39 is 5.97 Å². The molecule has 0 amide bonds. The summed E-state index contributed by atoms with van der Waals surface area (Å²) in [5, 5.41) is 0.575. The number of benzene rings is 3. The summed E-state index contributed by atoms with van der Waals surface area (Å²) < 4.78 is 10.4. The maximum Gasteiger partial charge on any atom is 0.343 e. The second kappa shape index (κ2) is 9.02. The first-order chi connectivity index (χ1) is 13.6. The van der Waals surface area contributed by atoms with Crippen molar-refractivity contribution in [2.75, 3.05) is 7.11 Å². The molecule has 28 heavy (non-hydrogen) atoms. The van der Waals surface area contributed by atoms with Crippen LogP contribution >= 0.6 is 11.6 Å². The van der Waals surface area contributed by atoms with Gasteiger partial charge in [0.15, 0.2) is 5.78 Å². The third-order valence-corrected chi connectivity index (χ3v) is 4.32.